The summed E-state index contributed by atoms with van der Waals surface area (Å²) in [6, 6.07) is 5.47. The first kappa shape index (κ1) is 87.1. The molecule has 0 radical (unpaired) electrons. The van der Waals surface area contributed by atoms with Crippen molar-refractivity contribution < 1.29 is 72.2 Å². The molecule has 1 saturated heterocycles. The Morgan fingerprint density at radius 1 is 0.464 bits per heavy atom. The number of nitrogens with two attached hydrogens (primary N) is 4. The van der Waals surface area contributed by atoms with Gasteiger partial charge in [0.05, 0.1) is 25.3 Å². The van der Waals surface area contributed by atoms with Gasteiger partial charge >= 0.3 is 0 Å². The zero-order valence-electron chi connectivity index (χ0n) is 62.0. The average Bonchev–Trinajstić information content (AvgIpc) is 1.67. The maximum Gasteiger partial charge on any atom is 0.245 e. The third kappa shape index (κ3) is 27.1. The van der Waals surface area contributed by atoms with E-state index < -0.39 is 204 Å². The van der Waals surface area contributed by atoms with Gasteiger partial charge in [-0.1, -0.05) is 108 Å². The molecule has 596 valence electrons. The Hall–Kier alpha value is -11.8. The van der Waals surface area contributed by atoms with Crippen molar-refractivity contribution in [3.63, 3.8) is 0 Å². The highest BCUT2D eigenvalue weighted by Crippen LogP contribution is 2.23. The van der Waals surface area contributed by atoms with Crippen molar-refractivity contribution >= 4 is 128 Å². The van der Waals surface area contributed by atoms with Crippen molar-refractivity contribution in [2.24, 2.45) is 40.7 Å². The molecule has 38 heteroatoms. The molecule has 27 N–H and O–H groups in total. The van der Waals surface area contributed by atoms with Gasteiger partial charge in [-0.05, 0) is 72.3 Å². The molecule has 0 saturated carbocycles. The van der Waals surface area contributed by atoms with Gasteiger partial charge in [0.1, 0.15) is 66.5 Å². The van der Waals surface area contributed by atoms with Crippen molar-refractivity contribution in [1.82, 2.24) is 84.4 Å². The minimum atomic E-state index is -1.87. The number of primary amides is 2. The summed E-state index contributed by atoms with van der Waals surface area (Å²) in [5, 5.41) is 63.1. The van der Waals surface area contributed by atoms with E-state index in [0.717, 1.165) is 11.8 Å². The lowest BCUT2D eigenvalue weighted by Crippen LogP contribution is -2.62. The number of aliphatic hydroxyl groups is 1. The van der Waals surface area contributed by atoms with Crippen LogP contribution in [-0.4, -0.2) is 214 Å². The fourth-order valence-corrected chi connectivity index (χ4v) is 12.8. The minimum absolute atomic E-state index is 0.0124. The number of carbonyl (C=O) groups excluding carboxylic acids is 14. The van der Waals surface area contributed by atoms with Crippen LogP contribution in [-0.2, 0) is 86.4 Å². The molecule has 37 nitrogen and oxygen atoms in total. The van der Waals surface area contributed by atoms with Crippen LogP contribution in [0.25, 0.3) is 21.8 Å². The standard InChI is InChI=1S/C72H102N22O15S/c1-36(2)57-69(108)91-53(60(74)99)34-110-35-56(98)85-48(26-39-16-8-7-9-17-39)64(103)86-47(23-15-25-80-72(77)78)63(102)90-52(33-95)61(100)83-32-55(97)84-46(22-14-24-79-71(75)76)62(101)88-51(29-54(73)96)65(104)87-49(27-40-30-81-44-20-12-10-18-42(40)44)66(105)93-59(38(5)6)70(109)94-58(37(3)4)68(107)89-50(67(106)92-57)28-41-31-82-45-21-13-11-19-43(41)45/h7-13,16-21,30-31,36-38,46-53,57-59,81-82,95H,14-15,22-29,32-35H2,1-6H3,(H2,73,96)(H2,74,99)(H,83,100)(H,84,97)(H,85,98)(H,86,103)(H,87,104)(H,88,101)(H,89,107)(H,90,102)(H,91,108)(H,92,106)(H,93,105)(H,94,109)(H4,75,76,79)(H4,77,78,80)/t46-,47-,48+,49-,50-,51-,52-,53-,57-,58-,59-/m0/s1. The number of amides is 14. The van der Waals surface area contributed by atoms with E-state index in [0.29, 0.717) is 38.5 Å². The second-order valence-electron chi connectivity index (χ2n) is 27.6. The number of aliphatic hydroxyl groups excluding tert-OH is 1. The second-order valence-corrected chi connectivity index (χ2v) is 28.6. The number of carbonyl (C=O) groups is 14. The second kappa shape index (κ2) is 42.6. The van der Waals surface area contributed by atoms with E-state index in [-0.39, 0.29) is 63.8 Å². The summed E-state index contributed by atoms with van der Waals surface area (Å²) in [7, 11) is 0. The van der Waals surface area contributed by atoms with Gasteiger partial charge in [-0.25, -0.2) is 0 Å². The molecule has 5 aromatic rings. The van der Waals surface area contributed by atoms with Crippen molar-refractivity contribution in [3.05, 3.63) is 108 Å². The van der Waals surface area contributed by atoms with Crippen molar-refractivity contribution in [1.29, 1.82) is 10.8 Å². The van der Waals surface area contributed by atoms with E-state index in [1.165, 1.54) is 0 Å². The fraction of sp³-hybridized carbons (Fsp3) is 0.472. The highest BCUT2D eigenvalue weighted by Gasteiger charge is 2.39. The number of aromatic amines is 2. The van der Waals surface area contributed by atoms with Crippen molar-refractivity contribution in [2.45, 2.75) is 159 Å². The molecule has 0 aliphatic carbocycles. The molecule has 11 atom stereocenters. The molecule has 1 fully saturated rings. The molecule has 2 aromatic heterocycles. The molecule has 0 spiro atoms. The number of aromatic nitrogens is 2. The summed E-state index contributed by atoms with van der Waals surface area (Å²) in [5.74, 6) is -17.5. The average molecular weight is 1550 g/mol. The van der Waals surface area contributed by atoms with Gasteiger partial charge < -0.3 is 112 Å². The van der Waals surface area contributed by atoms with Gasteiger partial charge in [0.25, 0.3) is 0 Å². The Morgan fingerprint density at radius 3 is 1.34 bits per heavy atom. The van der Waals surface area contributed by atoms with Crippen LogP contribution in [0.3, 0.4) is 0 Å². The van der Waals surface area contributed by atoms with Crippen LogP contribution in [0.5, 0.6) is 0 Å². The summed E-state index contributed by atoms with van der Waals surface area (Å²) < 4.78 is 0. The summed E-state index contributed by atoms with van der Waals surface area (Å²) in [6.45, 7) is 7.64. The molecule has 3 heterocycles. The number of fused-ring (bicyclic) bond motifs is 2. The first-order valence-electron chi connectivity index (χ1n) is 35.9. The topological polar surface area (TPSA) is 611 Å². The number of thioether (sulfide) groups is 1. The third-order valence-corrected chi connectivity index (χ3v) is 18.9. The van der Waals surface area contributed by atoms with Crippen LogP contribution < -0.4 is 97.4 Å². The molecule has 3 aromatic carbocycles. The summed E-state index contributed by atoms with van der Waals surface area (Å²) >= 11 is 0.839. The third-order valence-electron chi connectivity index (χ3n) is 17.8. The zero-order chi connectivity index (χ0) is 80.9. The van der Waals surface area contributed by atoms with E-state index in [1.54, 1.807) is 133 Å². The molecule has 1 aliphatic rings. The number of benzene rings is 3. The molecular formula is C72H102N22O15S. The van der Waals surface area contributed by atoms with Crippen LogP contribution in [0.2, 0.25) is 0 Å². The molecule has 14 amide bonds. The van der Waals surface area contributed by atoms with Gasteiger partial charge in [0, 0.05) is 72.3 Å². The summed E-state index contributed by atoms with van der Waals surface area (Å²) in [6.07, 6.45) is 1.35. The Kier molecular flexibility index (Phi) is 33.8. The first-order valence-corrected chi connectivity index (χ1v) is 37.0. The van der Waals surface area contributed by atoms with Crippen LogP contribution in [0.4, 0.5) is 0 Å². The Balaban J connectivity index is 1.40. The smallest absolute Gasteiger partial charge is 0.245 e. The lowest BCUT2D eigenvalue weighted by molar-refractivity contribution is -0.137. The SMILES string of the molecule is CC(C)[C@@H]1NC(=O)[C@H](Cc2c[nH]c3ccccc23)NC(=O)[C@H](C(C)C)NC(=O)[C@H](C(C)C)NC(=O)[C@H](Cc2c[nH]c3ccccc23)NC(=O)[C@H](CC(N)=O)NC(=O)[C@H](CCCNC(=N)N)NC(=O)CNC(=O)[C@H](CO)NC(=O)[C@H](CCCNC(=N)N)NC(=O)[C@@H](Cc2ccccc2)NC(=O)CSC[C@@H](C(N)=O)NC1=O. The van der Waals surface area contributed by atoms with Crippen LogP contribution >= 0.6 is 11.8 Å². The highest BCUT2D eigenvalue weighted by molar-refractivity contribution is 8.00. The number of para-hydroxylation sites is 2. The maximum absolute atomic E-state index is 15.0. The lowest BCUT2D eigenvalue weighted by Gasteiger charge is -2.30. The number of hydrogen-bond acceptors (Lipinski definition) is 18. The van der Waals surface area contributed by atoms with Gasteiger partial charge in [-0.2, -0.15) is 0 Å². The highest BCUT2D eigenvalue weighted by atomic mass is 32.2. The number of H-pyrrole nitrogens is 2. The summed E-state index contributed by atoms with van der Waals surface area (Å²) in [5.41, 5.74) is 25.4. The number of nitrogens with one attached hydrogen (secondary N) is 18. The van der Waals surface area contributed by atoms with E-state index >= 15 is 0 Å². The maximum atomic E-state index is 15.0. The summed E-state index contributed by atoms with van der Waals surface area (Å²) in [4.78, 5) is 206. The van der Waals surface area contributed by atoms with Crippen LogP contribution in [0.1, 0.15) is 90.3 Å². The predicted molar refractivity (Wildman–Crippen MR) is 409 cm³/mol. The number of guanidine groups is 2. The van der Waals surface area contributed by atoms with Gasteiger partial charge in [-0.3, -0.25) is 77.9 Å². The monoisotopic (exact) mass is 1550 g/mol. The van der Waals surface area contributed by atoms with Crippen molar-refractivity contribution in [2.75, 3.05) is 37.7 Å². The van der Waals surface area contributed by atoms with Crippen LogP contribution in [0.15, 0.2) is 91.3 Å². The van der Waals surface area contributed by atoms with E-state index in [2.05, 4.69) is 84.4 Å². The first-order chi connectivity index (χ1) is 52.2. The van der Waals surface area contributed by atoms with Gasteiger partial charge in [-0.15, -0.1) is 11.8 Å². The Morgan fingerprint density at radius 2 is 0.855 bits per heavy atom. The number of hydrogen-bond donors (Lipinski definition) is 23. The number of rotatable bonds is 21. The Bertz CT molecular complexity index is 4110. The van der Waals surface area contributed by atoms with Crippen LogP contribution in [0, 0.1) is 28.6 Å². The largest absolute Gasteiger partial charge is 0.394 e. The molecule has 1 aliphatic heterocycles. The lowest BCUT2D eigenvalue weighted by atomic mass is 9.97. The molecule has 6 rings (SSSR count). The predicted octanol–water partition coefficient (Wildman–Crippen LogP) is -4.28. The Labute approximate surface area is 638 Å². The van der Waals surface area contributed by atoms with Crippen molar-refractivity contribution in [3.8, 4) is 0 Å². The molecule has 0 unspecified atom stereocenters. The zero-order valence-corrected chi connectivity index (χ0v) is 62.8. The fourth-order valence-electron chi connectivity index (χ4n) is 11.9. The minimum Gasteiger partial charge on any atom is -0.394 e. The molecular weight excluding hydrogens is 1440 g/mol. The molecule has 110 heavy (non-hydrogen) atoms. The van der Waals surface area contributed by atoms with E-state index in [9.17, 15) is 72.2 Å². The van der Waals surface area contributed by atoms with E-state index in [4.69, 9.17) is 33.8 Å². The van der Waals surface area contributed by atoms with E-state index in [1.807, 2.05) is 0 Å². The quantitative estimate of drug-likeness (QED) is 0.0188. The van der Waals surface area contributed by atoms with Gasteiger partial charge in [0.2, 0.25) is 82.7 Å². The normalized spacial score (nSPS) is 23.0. The van der Waals surface area contributed by atoms with Gasteiger partial charge in [0.15, 0.2) is 11.9 Å². The molecule has 0 bridgehead atoms.